The highest BCUT2D eigenvalue weighted by molar-refractivity contribution is 7.89. The zero-order valence-corrected chi connectivity index (χ0v) is 8.33. The van der Waals surface area contributed by atoms with E-state index in [-0.39, 0.29) is 18.8 Å². The molecule has 0 fully saturated rings. The van der Waals surface area contributed by atoms with Gasteiger partial charge in [0.15, 0.2) is 6.33 Å². The van der Waals surface area contributed by atoms with Crippen LogP contribution in [0, 0.1) is 0 Å². The molecular formula is C6H12N4O3S. The first kappa shape index (κ1) is 11.1. The summed E-state index contributed by atoms with van der Waals surface area (Å²) in [6.07, 6.45) is 1.65. The lowest BCUT2D eigenvalue weighted by molar-refractivity contribution is 0.377. The van der Waals surface area contributed by atoms with E-state index in [2.05, 4.69) is 19.4 Å². The normalized spacial score (nSPS) is 11.8. The maximum Gasteiger partial charge on any atom is 0.227 e. The molecule has 0 aromatic carbocycles. The van der Waals surface area contributed by atoms with Gasteiger partial charge in [0.1, 0.15) is 0 Å². The molecule has 7 nitrogen and oxygen atoms in total. The summed E-state index contributed by atoms with van der Waals surface area (Å²) in [7, 11) is -3.25. The van der Waals surface area contributed by atoms with Crippen LogP contribution in [0.1, 0.15) is 5.89 Å². The lowest BCUT2D eigenvalue weighted by atomic mass is 10.4. The van der Waals surface area contributed by atoms with E-state index in [0.717, 1.165) is 0 Å². The van der Waals surface area contributed by atoms with Gasteiger partial charge in [-0.1, -0.05) is 5.16 Å². The highest BCUT2D eigenvalue weighted by Crippen LogP contribution is 1.91. The number of aromatic nitrogens is 2. The van der Waals surface area contributed by atoms with Crippen LogP contribution in [-0.2, 0) is 16.4 Å². The number of rotatable bonds is 6. The molecule has 0 atom stereocenters. The van der Waals surface area contributed by atoms with Gasteiger partial charge in [0.05, 0.1) is 5.75 Å². The molecule has 0 saturated heterocycles. The number of nitrogens with two attached hydrogens (primary N) is 1. The van der Waals surface area contributed by atoms with Crippen molar-refractivity contribution in [2.45, 2.75) is 6.42 Å². The van der Waals surface area contributed by atoms with Gasteiger partial charge in [-0.2, -0.15) is 4.98 Å². The summed E-state index contributed by atoms with van der Waals surface area (Å²) < 4.78 is 29.3. The summed E-state index contributed by atoms with van der Waals surface area (Å²) in [5.74, 6) is 0.331. The summed E-state index contributed by atoms with van der Waals surface area (Å²) in [5, 5.41) is 3.39. The quantitative estimate of drug-likeness (QED) is 0.603. The Morgan fingerprint density at radius 2 is 2.36 bits per heavy atom. The average Bonchev–Trinajstić information content (AvgIpc) is 2.56. The zero-order valence-electron chi connectivity index (χ0n) is 7.51. The molecule has 0 saturated carbocycles. The Hall–Kier alpha value is -0.990. The van der Waals surface area contributed by atoms with Gasteiger partial charge < -0.3 is 10.3 Å². The minimum atomic E-state index is -3.25. The second-order valence-corrected chi connectivity index (χ2v) is 4.51. The van der Waals surface area contributed by atoms with Gasteiger partial charge in [-0.3, -0.25) is 0 Å². The first-order valence-electron chi connectivity index (χ1n) is 4.07. The van der Waals surface area contributed by atoms with Crippen molar-refractivity contribution in [3.05, 3.63) is 12.2 Å². The van der Waals surface area contributed by atoms with Crippen LogP contribution in [0.2, 0.25) is 0 Å². The highest BCUT2D eigenvalue weighted by Gasteiger charge is 2.08. The fourth-order valence-corrected chi connectivity index (χ4v) is 1.71. The van der Waals surface area contributed by atoms with Crippen LogP contribution in [0.5, 0.6) is 0 Å². The van der Waals surface area contributed by atoms with Gasteiger partial charge >= 0.3 is 0 Å². The Balaban J connectivity index is 2.28. The molecule has 3 N–H and O–H groups in total. The lowest BCUT2D eigenvalue weighted by Crippen LogP contribution is -2.31. The third-order valence-electron chi connectivity index (χ3n) is 1.45. The molecule has 0 spiro atoms. The molecule has 80 valence electrons. The van der Waals surface area contributed by atoms with Crippen molar-refractivity contribution >= 4 is 10.0 Å². The first-order chi connectivity index (χ1) is 6.64. The van der Waals surface area contributed by atoms with Gasteiger partial charge in [-0.05, 0) is 0 Å². The monoisotopic (exact) mass is 220 g/mol. The molecule has 1 aromatic heterocycles. The smallest absolute Gasteiger partial charge is 0.227 e. The summed E-state index contributed by atoms with van der Waals surface area (Å²) in [6, 6.07) is 0. The minimum Gasteiger partial charge on any atom is -0.340 e. The number of hydrogen-bond donors (Lipinski definition) is 2. The fourth-order valence-electron chi connectivity index (χ4n) is 0.847. The zero-order chi connectivity index (χ0) is 10.4. The highest BCUT2D eigenvalue weighted by atomic mass is 32.2. The van der Waals surface area contributed by atoms with Crippen LogP contribution in [0.25, 0.3) is 0 Å². The van der Waals surface area contributed by atoms with Gasteiger partial charge in [0.25, 0.3) is 0 Å². The molecule has 1 rings (SSSR count). The average molecular weight is 220 g/mol. The fraction of sp³-hybridized carbons (Fsp3) is 0.667. The van der Waals surface area contributed by atoms with E-state index in [9.17, 15) is 8.42 Å². The van der Waals surface area contributed by atoms with E-state index in [1.807, 2.05) is 0 Å². The molecule has 0 bridgehead atoms. The van der Waals surface area contributed by atoms with E-state index >= 15 is 0 Å². The Morgan fingerprint density at radius 3 is 2.93 bits per heavy atom. The largest absolute Gasteiger partial charge is 0.340 e. The second kappa shape index (κ2) is 5.03. The van der Waals surface area contributed by atoms with Gasteiger partial charge in [0.2, 0.25) is 15.9 Å². The Bertz CT molecular complexity index is 347. The van der Waals surface area contributed by atoms with E-state index in [1.54, 1.807) is 0 Å². The minimum absolute atomic E-state index is 0.0726. The summed E-state index contributed by atoms with van der Waals surface area (Å²) in [5.41, 5.74) is 5.12. The molecule has 0 unspecified atom stereocenters. The van der Waals surface area contributed by atoms with E-state index in [0.29, 0.717) is 12.3 Å². The van der Waals surface area contributed by atoms with Crippen molar-refractivity contribution in [2.24, 2.45) is 5.73 Å². The number of sulfonamides is 1. The van der Waals surface area contributed by atoms with E-state index < -0.39 is 10.0 Å². The van der Waals surface area contributed by atoms with Crippen LogP contribution in [0.3, 0.4) is 0 Å². The standard InChI is InChI=1S/C6H12N4O3S/c7-2-4-14(11,12)10-3-1-6-8-5-9-13-6/h5,10H,1-4,7H2. The summed E-state index contributed by atoms with van der Waals surface area (Å²) in [4.78, 5) is 3.74. The predicted octanol–water partition coefficient (Wildman–Crippen LogP) is -1.51. The SMILES string of the molecule is NCCS(=O)(=O)NCCc1ncno1. The van der Waals surface area contributed by atoms with Gasteiger partial charge in [-0.25, -0.2) is 13.1 Å². The van der Waals surface area contributed by atoms with Gasteiger partial charge in [-0.15, -0.1) is 0 Å². The molecule has 14 heavy (non-hydrogen) atoms. The van der Waals surface area contributed by atoms with Crippen LogP contribution in [0.15, 0.2) is 10.9 Å². The van der Waals surface area contributed by atoms with Gasteiger partial charge in [0, 0.05) is 19.5 Å². The summed E-state index contributed by atoms with van der Waals surface area (Å²) in [6.45, 7) is 0.348. The number of hydrogen-bond acceptors (Lipinski definition) is 6. The maximum atomic E-state index is 11.1. The first-order valence-corrected chi connectivity index (χ1v) is 5.72. The maximum absolute atomic E-state index is 11.1. The van der Waals surface area contributed by atoms with Crippen molar-refractivity contribution < 1.29 is 12.9 Å². The van der Waals surface area contributed by atoms with E-state index in [1.165, 1.54) is 6.33 Å². The molecule has 1 heterocycles. The number of nitrogens with one attached hydrogen (secondary N) is 1. The van der Waals surface area contributed by atoms with Crippen molar-refractivity contribution in [3.63, 3.8) is 0 Å². The molecular weight excluding hydrogens is 208 g/mol. The van der Waals surface area contributed by atoms with Crippen molar-refractivity contribution in [3.8, 4) is 0 Å². The predicted molar refractivity (Wildman–Crippen MR) is 48.8 cm³/mol. The molecule has 0 amide bonds. The third-order valence-corrected chi connectivity index (χ3v) is 2.87. The van der Waals surface area contributed by atoms with Crippen LogP contribution in [0.4, 0.5) is 0 Å². The van der Waals surface area contributed by atoms with Crippen LogP contribution >= 0.6 is 0 Å². The third kappa shape index (κ3) is 3.81. The molecule has 1 aromatic rings. The molecule has 0 aliphatic heterocycles. The Morgan fingerprint density at radius 1 is 1.57 bits per heavy atom. The Kier molecular flexibility index (Phi) is 3.98. The summed E-state index contributed by atoms with van der Waals surface area (Å²) >= 11 is 0. The Labute approximate surface area is 81.7 Å². The van der Waals surface area contributed by atoms with Crippen molar-refractivity contribution in [2.75, 3.05) is 18.8 Å². The lowest BCUT2D eigenvalue weighted by Gasteiger charge is -2.02. The van der Waals surface area contributed by atoms with Crippen LogP contribution < -0.4 is 10.5 Å². The topological polar surface area (TPSA) is 111 Å². The molecule has 8 heteroatoms. The molecule has 0 aliphatic rings. The van der Waals surface area contributed by atoms with Crippen molar-refractivity contribution in [1.82, 2.24) is 14.9 Å². The van der Waals surface area contributed by atoms with Crippen molar-refractivity contribution in [1.29, 1.82) is 0 Å². The molecule has 0 aliphatic carbocycles. The molecule has 0 radical (unpaired) electrons. The number of nitrogens with zero attached hydrogens (tertiary/aromatic N) is 2. The second-order valence-electron chi connectivity index (χ2n) is 2.59. The van der Waals surface area contributed by atoms with E-state index in [4.69, 9.17) is 5.73 Å². The van der Waals surface area contributed by atoms with Crippen LogP contribution in [-0.4, -0.2) is 37.4 Å².